The summed E-state index contributed by atoms with van der Waals surface area (Å²) in [6.07, 6.45) is 1.88. The number of nitrogens with one attached hydrogen (secondary N) is 1. The summed E-state index contributed by atoms with van der Waals surface area (Å²) in [5.74, 6) is 0.204. The molecule has 1 rings (SSSR count). The minimum atomic E-state index is -3.66. The van der Waals surface area contributed by atoms with E-state index in [0.717, 1.165) is 12.8 Å². The monoisotopic (exact) mass is 347 g/mol. The van der Waals surface area contributed by atoms with E-state index in [4.69, 9.17) is 20.5 Å². The largest absolute Gasteiger partial charge is 0.464 e. The van der Waals surface area contributed by atoms with Crippen LogP contribution in [-0.4, -0.2) is 18.6 Å². The number of esters is 1. The molecule has 0 amide bonds. The zero-order valence-corrected chi connectivity index (χ0v) is 14.8. The van der Waals surface area contributed by atoms with E-state index in [1.54, 1.807) is 37.3 Å². The van der Waals surface area contributed by atoms with Gasteiger partial charge >= 0.3 is 12.8 Å². The molecule has 1 N–H and O–H groups in total. The quantitative estimate of drug-likeness (QED) is 0.531. The maximum absolute atomic E-state index is 12.2. The number of halogens is 1. The van der Waals surface area contributed by atoms with Crippen molar-refractivity contribution in [3.63, 3.8) is 0 Å². The van der Waals surface area contributed by atoms with Gasteiger partial charge < -0.3 is 9.26 Å². The fourth-order valence-corrected chi connectivity index (χ4v) is 3.47. The molecule has 0 saturated carbocycles. The lowest BCUT2D eigenvalue weighted by Gasteiger charge is -2.19. The molecule has 2 atom stereocenters. The van der Waals surface area contributed by atoms with Crippen molar-refractivity contribution in [3.05, 3.63) is 30.3 Å². The summed E-state index contributed by atoms with van der Waals surface area (Å²) in [6.45, 7) is 2.32. The molecule has 0 aliphatic rings. The molecule has 0 aliphatic heterocycles. The number of hydrogen-bond acceptors (Lipinski definition) is 4. The summed E-state index contributed by atoms with van der Waals surface area (Å²) in [7, 11) is 0. The van der Waals surface area contributed by atoms with E-state index in [0.29, 0.717) is 18.3 Å². The molecular weight excluding hydrogens is 325 g/mol. The lowest BCUT2D eigenvalue weighted by molar-refractivity contribution is -0.146. The Morgan fingerprint density at radius 1 is 1.27 bits per heavy atom. The standard InChI is InChI=1S/C15H23ClNO4P/c1-4-13(5-2)11-20-15(18)12(3)17-22(16,19)21-14-9-7-6-8-10-14/h6-10,12-13H,4-5,11H2,1-3H3,(H,17,19)/t12-,22?/m0/s1. The van der Waals surface area contributed by atoms with Crippen molar-refractivity contribution in [1.29, 1.82) is 0 Å². The molecule has 22 heavy (non-hydrogen) atoms. The van der Waals surface area contributed by atoms with Crippen molar-refractivity contribution >= 4 is 24.1 Å². The summed E-state index contributed by atoms with van der Waals surface area (Å²) in [5, 5.41) is 2.49. The number of benzene rings is 1. The van der Waals surface area contributed by atoms with Crippen molar-refractivity contribution in [1.82, 2.24) is 5.09 Å². The van der Waals surface area contributed by atoms with E-state index in [1.165, 1.54) is 0 Å². The van der Waals surface area contributed by atoms with Crippen molar-refractivity contribution in [3.8, 4) is 5.75 Å². The van der Waals surface area contributed by atoms with Crippen LogP contribution in [0.3, 0.4) is 0 Å². The lowest BCUT2D eigenvalue weighted by atomic mass is 10.1. The number of hydrogen-bond donors (Lipinski definition) is 1. The summed E-state index contributed by atoms with van der Waals surface area (Å²) in [6, 6.07) is 7.72. The highest BCUT2D eigenvalue weighted by molar-refractivity contribution is 7.84. The number of ether oxygens (including phenoxy) is 1. The number of rotatable bonds is 9. The lowest BCUT2D eigenvalue weighted by Crippen LogP contribution is -2.34. The van der Waals surface area contributed by atoms with Gasteiger partial charge in [-0.05, 0) is 25.0 Å². The fraction of sp³-hybridized carbons (Fsp3) is 0.533. The van der Waals surface area contributed by atoms with Crippen LogP contribution < -0.4 is 9.61 Å². The molecule has 0 aromatic heterocycles. The van der Waals surface area contributed by atoms with Gasteiger partial charge in [0.05, 0.1) is 6.61 Å². The zero-order valence-electron chi connectivity index (χ0n) is 13.1. The van der Waals surface area contributed by atoms with E-state index in [2.05, 4.69) is 5.09 Å². The minimum Gasteiger partial charge on any atom is -0.464 e. The molecule has 0 bridgehead atoms. The van der Waals surface area contributed by atoms with Crippen LogP contribution in [-0.2, 0) is 14.1 Å². The van der Waals surface area contributed by atoms with Crippen molar-refractivity contribution in [2.45, 2.75) is 39.7 Å². The first kappa shape index (κ1) is 19.0. The molecule has 0 aliphatic carbocycles. The van der Waals surface area contributed by atoms with Crippen LogP contribution in [0.5, 0.6) is 5.75 Å². The Labute approximate surface area is 136 Å². The second-order valence-electron chi connectivity index (χ2n) is 5.05. The fourth-order valence-electron chi connectivity index (χ4n) is 1.78. The first-order valence-electron chi connectivity index (χ1n) is 7.36. The number of carbonyl (C=O) groups is 1. The SMILES string of the molecule is CCC(CC)COC(=O)[C@H](C)NP(=O)(Cl)Oc1ccccc1. The summed E-state index contributed by atoms with van der Waals surface area (Å²) in [5.41, 5.74) is 0. The summed E-state index contributed by atoms with van der Waals surface area (Å²) < 4.78 is 22.6. The Morgan fingerprint density at radius 3 is 2.41 bits per heavy atom. The van der Waals surface area contributed by atoms with Crippen LogP contribution in [0.2, 0.25) is 0 Å². The molecule has 5 nitrogen and oxygen atoms in total. The molecule has 0 spiro atoms. The topological polar surface area (TPSA) is 64.6 Å². The van der Waals surface area contributed by atoms with Gasteiger partial charge in [-0.15, -0.1) is 0 Å². The Balaban J connectivity index is 2.50. The predicted octanol–water partition coefficient (Wildman–Crippen LogP) is 4.37. The molecule has 0 fully saturated rings. The third kappa shape index (κ3) is 6.82. The normalized spacial score (nSPS) is 15.1. The van der Waals surface area contributed by atoms with Gasteiger partial charge in [0.25, 0.3) is 0 Å². The van der Waals surface area contributed by atoms with Crippen LogP contribution in [0.15, 0.2) is 30.3 Å². The van der Waals surface area contributed by atoms with Gasteiger partial charge in [0.1, 0.15) is 11.8 Å². The van der Waals surface area contributed by atoms with E-state index in [9.17, 15) is 9.36 Å². The van der Waals surface area contributed by atoms with Gasteiger partial charge in [-0.3, -0.25) is 4.79 Å². The Hall–Kier alpha value is -1.03. The predicted molar refractivity (Wildman–Crippen MR) is 88.2 cm³/mol. The Morgan fingerprint density at radius 2 is 1.86 bits per heavy atom. The molecule has 0 saturated heterocycles. The van der Waals surface area contributed by atoms with E-state index < -0.39 is 18.9 Å². The molecule has 124 valence electrons. The van der Waals surface area contributed by atoms with E-state index in [1.807, 2.05) is 13.8 Å². The maximum Gasteiger partial charge on any atom is 0.409 e. The van der Waals surface area contributed by atoms with Gasteiger partial charge in [-0.2, -0.15) is 0 Å². The third-order valence-corrected chi connectivity index (χ3v) is 4.92. The average molecular weight is 348 g/mol. The zero-order chi connectivity index (χ0) is 16.6. The van der Waals surface area contributed by atoms with Crippen LogP contribution in [0.25, 0.3) is 0 Å². The second kappa shape index (κ2) is 9.19. The molecule has 0 radical (unpaired) electrons. The summed E-state index contributed by atoms with van der Waals surface area (Å²) in [4.78, 5) is 11.9. The van der Waals surface area contributed by atoms with Gasteiger partial charge in [0, 0.05) is 11.2 Å². The minimum absolute atomic E-state index is 0.333. The van der Waals surface area contributed by atoms with Gasteiger partial charge in [0.2, 0.25) is 0 Å². The van der Waals surface area contributed by atoms with Crippen molar-refractivity contribution in [2.75, 3.05) is 6.61 Å². The highest BCUT2D eigenvalue weighted by atomic mass is 35.7. The highest BCUT2D eigenvalue weighted by Gasteiger charge is 2.28. The molecule has 1 aromatic carbocycles. The van der Waals surface area contributed by atoms with E-state index >= 15 is 0 Å². The third-order valence-electron chi connectivity index (χ3n) is 3.28. The molecule has 7 heteroatoms. The van der Waals surface area contributed by atoms with Crippen LogP contribution >= 0.6 is 18.1 Å². The van der Waals surface area contributed by atoms with E-state index in [-0.39, 0.29) is 0 Å². The number of carbonyl (C=O) groups excluding carboxylic acids is 1. The summed E-state index contributed by atoms with van der Waals surface area (Å²) >= 11 is 5.84. The van der Waals surface area contributed by atoms with Crippen LogP contribution in [0.4, 0.5) is 0 Å². The van der Waals surface area contributed by atoms with Crippen molar-refractivity contribution < 1.29 is 18.6 Å². The maximum atomic E-state index is 12.2. The molecule has 1 unspecified atom stereocenters. The second-order valence-corrected chi connectivity index (χ2v) is 7.78. The average Bonchev–Trinajstić information content (AvgIpc) is 2.48. The van der Waals surface area contributed by atoms with Gasteiger partial charge in [0.15, 0.2) is 0 Å². The van der Waals surface area contributed by atoms with Crippen LogP contribution in [0.1, 0.15) is 33.6 Å². The molecular formula is C15H23ClNO4P. The van der Waals surface area contributed by atoms with Gasteiger partial charge in [-0.1, -0.05) is 44.9 Å². The Kier molecular flexibility index (Phi) is 7.94. The number of para-hydroxylation sites is 1. The first-order valence-corrected chi connectivity index (χ1v) is 9.89. The van der Waals surface area contributed by atoms with Crippen LogP contribution in [0, 0.1) is 5.92 Å². The molecule has 0 heterocycles. The van der Waals surface area contributed by atoms with Crippen molar-refractivity contribution in [2.24, 2.45) is 5.92 Å². The smallest absolute Gasteiger partial charge is 0.409 e. The molecule has 1 aromatic rings. The highest BCUT2D eigenvalue weighted by Crippen LogP contribution is 2.48. The Bertz CT molecular complexity index is 508. The van der Waals surface area contributed by atoms with Gasteiger partial charge in [-0.25, -0.2) is 9.65 Å². The first-order chi connectivity index (χ1) is 10.4.